The number of aromatic carboxylic acids is 1. The molecule has 2 rings (SSSR count). The number of benzene rings is 1. The van der Waals surface area contributed by atoms with E-state index in [1.54, 1.807) is 18.2 Å². The maximum atomic E-state index is 11.9. The van der Waals surface area contributed by atoms with E-state index in [0.29, 0.717) is 5.75 Å². The monoisotopic (exact) mass is 266 g/mol. The van der Waals surface area contributed by atoms with Gasteiger partial charge in [0.05, 0.1) is 26.3 Å². The van der Waals surface area contributed by atoms with Gasteiger partial charge in [0.1, 0.15) is 0 Å². The number of hydrogen-bond donors (Lipinski definition) is 1. The minimum absolute atomic E-state index is 0.227. The Balaban J connectivity index is 2.16. The molecular weight excluding hydrogens is 256 g/mol. The van der Waals surface area contributed by atoms with Crippen LogP contribution in [0.1, 0.15) is 15.9 Å². The fourth-order valence-corrected chi connectivity index (χ4v) is 3.49. The second kappa shape index (κ2) is 5.25. The second-order valence-electron chi connectivity index (χ2n) is 3.43. The van der Waals surface area contributed by atoms with E-state index >= 15 is 0 Å². The van der Waals surface area contributed by atoms with E-state index in [1.165, 1.54) is 17.4 Å². The Kier molecular flexibility index (Phi) is 3.71. The first kappa shape index (κ1) is 12.0. The zero-order chi connectivity index (χ0) is 12.3. The van der Waals surface area contributed by atoms with Crippen LogP contribution in [-0.2, 0) is 16.6 Å². The zero-order valence-corrected chi connectivity index (χ0v) is 10.5. The van der Waals surface area contributed by atoms with Crippen LogP contribution in [-0.4, -0.2) is 15.3 Å². The summed E-state index contributed by atoms with van der Waals surface area (Å²) in [7, 11) is -1.10. The van der Waals surface area contributed by atoms with Crippen LogP contribution in [0.2, 0.25) is 0 Å². The lowest BCUT2D eigenvalue weighted by atomic mass is 10.1. The van der Waals surface area contributed by atoms with E-state index in [1.807, 2.05) is 17.5 Å². The standard InChI is InChI=1S/C12H10O3S2/c13-12(14)10-4-1-3-9(7-10)8-17(15)11-5-2-6-16-11/h1-7H,8H2,(H,13,14). The fourth-order valence-electron chi connectivity index (χ4n) is 1.41. The van der Waals surface area contributed by atoms with Crippen molar-refractivity contribution in [2.45, 2.75) is 9.96 Å². The smallest absolute Gasteiger partial charge is 0.335 e. The number of rotatable bonds is 4. The van der Waals surface area contributed by atoms with Gasteiger partial charge in [-0.1, -0.05) is 18.2 Å². The van der Waals surface area contributed by atoms with Gasteiger partial charge in [0.15, 0.2) is 0 Å². The third-order valence-corrected chi connectivity index (χ3v) is 4.88. The van der Waals surface area contributed by atoms with Crippen LogP contribution in [0.15, 0.2) is 46.0 Å². The molecule has 0 radical (unpaired) electrons. The summed E-state index contributed by atoms with van der Waals surface area (Å²) >= 11 is 1.44. The minimum atomic E-state index is -1.10. The van der Waals surface area contributed by atoms with E-state index in [4.69, 9.17) is 5.11 Å². The first-order valence-corrected chi connectivity index (χ1v) is 7.11. The Morgan fingerprint density at radius 1 is 1.29 bits per heavy atom. The maximum Gasteiger partial charge on any atom is 0.335 e. The molecule has 1 aromatic heterocycles. The van der Waals surface area contributed by atoms with Gasteiger partial charge in [-0.15, -0.1) is 11.3 Å². The van der Waals surface area contributed by atoms with Crippen molar-refractivity contribution in [3.05, 3.63) is 52.9 Å². The van der Waals surface area contributed by atoms with Crippen LogP contribution in [0.4, 0.5) is 0 Å². The molecule has 1 unspecified atom stereocenters. The molecule has 0 fully saturated rings. The first-order chi connectivity index (χ1) is 8.16. The van der Waals surface area contributed by atoms with Gasteiger partial charge in [-0.05, 0) is 29.1 Å². The predicted molar refractivity (Wildman–Crippen MR) is 67.8 cm³/mol. The highest BCUT2D eigenvalue weighted by Crippen LogP contribution is 2.18. The number of thiophene rings is 1. The molecule has 0 amide bonds. The average molecular weight is 266 g/mol. The third kappa shape index (κ3) is 3.01. The summed E-state index contributed by atoms with van der Waals surface area (Å²) in [6.45, 7) is 0. The van der Waals surface area contributed by atoms with Gasteiger partial charge in [-0.2, -0.15) is 0 Å². The molecule has 0 aliphatic heterocycles. The van der Waals surface area contributed by atoms with Crippen molar-refractivity contribution >= 4 is 28.1 Å². The molecule has 1 aromatic carbocycles. The molecule has 0 aliphatic carbocycles. The highest BCUT2D eigenvalue weighted by Gasteiger charge is 2.08. The van der Waals surface area contributed by atoms with Crippen LogP contribution >= 0.6 is 11.3 Å². The molecule has 1 heterocycles. The lowest BCUT2D eigenvalue weighted by molar-refractivity contribution is 0.0697. The SMILES string of the molecule is O=C(O)c1cccc(CS(=O)c2cccs2)c1. The van der Waals surface area contributed by atoms with Crippen molar-refractivity contribution < 1.29 is 14.1 Å². The normalized spacial score (nSPS) is 12.2. The molecular formula is C12H10O3S2. The van der Waals surface area contributed by atoms with Gasteiger partial charge < -0.3 is 5.11 Å². The molecule has 5 heteroatoms. The summed E-state index contributed by atoms with van der Waals surface area (Å²) in [5.41, 5.74) is 1.00. The van der Waals surface area contributed by atoms with Crippen LogP contribution < -0.4 is 0 Å². The summed E-state index contributed by atoms with van der Waals surface area (Å²) in [4.78, 5) is 10.8. The van der Waals surface area contributed by atoms with Crippen molar-refractivity contribution in [2.75, 3.05) is 0 Å². The molecule has 0 saturated carbocycles. The summed E-state index contributed by atoms with van der Waals surface area (Å²) < 4.78 is 12.7. The zero-order valence-electron chi connectivity index (χ0n) is 8.83. The van der Waals surface area contributed by atoms with Gasteiger partial charge in [0.2, 0.25) is 0 Å². The van der Waals surface area contributed by atoms with Gasteiger partial charge in [-0.3, -0.25) is 4.21 Å². The highest BCUT2D eigenvalue weighted by atomic mass is 32.2. The predicted octanol–water partition coefficient (Wildman–Crippen LogP) is 2.75. The number of carboxylic acids is 1. The van der Waals surface area contributed by atoms with Crippen molar-refractivity contribution in [3.8, 4) is 0 Å². The van der Waals surface area contributed by atoms with Crippen molar-refractivity contribution in [3.63, 3.8) is 0 Å². The molecule has 0 bridgehead atoms. The molecule has 3 nitrogen and oxygen atoms in total. The topological polar surface area (TPSA) is 54.4 Å². The molecule has 88 valence electrons. The van der Waals surface area contributed by atoms with E-state index in [2.05, 4.69) is 0 Å². The lowest BCUT2D eigenvalue weighted by Crippen LogP contribution is -1.99. The number of hydrogen-bond acceptors (Lipinski definition) is 3. The lowest BCUT2D eigenvalue weighted by Gasteiger charge is -2.01. The Morgan fingerprint density at radius 3 is 2.76 bits per heavy atom. The van der Waals surface area contributed by atoms with Crippen molar-refractivity contribution in [2.24, 2.45) is 0 Å². The van der Waals surface area contributed by atoms with E-state index in [-0.39, 0.29) is 5.56 Å². The molecule has 17 heavy (non-hydrogen) atoms. The maximum absolute atomic E-state index is 11.9. The van der Waals surface area contributed by atoms with Crippen molar-refractivity contribution in [1.29, 1.82) is 0 Å². The number of carboxylic acid groups (broad SMARTS) is 1. The van der Waals surface area contributed by atoms with E-state index < -0.39 is 16.8 Å². The summed E-state index contributed by atoms with van der Waals surface area (Å²) in [5.74, 6) is -0.615. The summed E-state index contributed by atoms with van der Waals surface area (Å²) in [5, 5.41) is 10.7. The molecule has 2 aromatic rings. The van der Waals surface area contributed by atoms with Crippen molar-refractivity contribution in [1.82, 2.24) is 0 Å². The molecule has 1 atom stereocenters. The largest absolute Gasteiger partial charge is 0.478 e. The van der Waals surface area contributed by atoms with Gasteiger partial charge >= 0.3 is 5.97 Å². The van der Waals surface area contributed by atoms with Crippen LogP contribution in [0.3, 0.4) is 0 Å². The highest BCUT2D eigenvalue weighted by molar-refractivity contribution is 7.86. The first-order valence-electron chi connectivity index (χ1n) is 4.91. The van der Waals surface area contributed by atoms with Gasteiger partial charge in [0.25, 0.3) is 0 Å². The van der Waals surface area contributed by atoms with Crippen LogP contribution in [0, 0.1) is 0 Å². The Bertz CT molecular complexity index is 547. The van der Waals surface area contributed by atoms with Gasteiger partial charge in [0, 0.05) is 0 Å². The van der Waals surface area contributed by atoms with Crippen LogP contribution in [0.5, 0.6) is 0 Å². The van der Waals surface area contributed by atoms with Crippen LogP contribution in [0.25, 0.3) is 0 Å². The van der Waals surface area contributed by atoms with Gasteiger partial charge in [-0.25, -0.2) is 4.79 Å². The van der Waals surface area contributed by atoms with E-state index in [0.717, 1.165) is 9.77 Å². The Labute approximate surface area is 105 Å². The molecule has 0 saturated heterocycles. The molecule has 0 aliphatic rings. The third-order valence-electron chi connectivity index (χ3n) is 2.19. The molecule has 1 N–H and O–H groups in total. The Hall–Kier alpha value is -1.46. The summed E-state index contributed by atoms with van der Waals surface area (Å²) in [6.07, 6.45) is 0. The summed E-state index contributed by atoms with van der Waals surface area (Å²) in [6, 6.07) is 10.2. The fraction of sp³-hybridized carbons (Fsp3) is 0.0833. The quantitative estimate of drug-likeness (QED) is 0.925. The number of carbonyl (C=O) groups is 1. The molecule has 0 spiro atoms. The van der Waals surface area contributed by atoms with E-state index in [9.17, 15) is 9.00 Å². The second-order valence-corrected chi connectivity index (χ2v) is 6.05. The average Bonchev–Trinajstić information content (AvgIpc) is 2.82. The Morgan fingerprint density at radius 2 is 2.12 bits per heavy atom. The minimum Gasteiger partial charge on any atom is -0.478 e.